The standard InChI is InChI=1S/C26H25FN4O4/c1-3-30-13-18(26-28-25(29-35-26)16-4-5-22-23(10-16)34-14-33-22)24(32)17-11-19(27)21(12-20(17)30)31-8-6-15(2)7-9-31/h4-5,10-13,15H,3,6-9,14H2,1-2H3. The van der Waals surface area contributed by atoms with E-state index in [-0.39, 0.29) is 23.7 Å². The van der Waals surface area contributed by atoms with Crippen molar-refractivity contribution in [3.05, 3.63) is 52.6 Å². The van der Waals surface area contributed by atoms with Gasteiger partial charge in [0.1, 0.15) is 11.4 Å². The highest BCUT2D eigenvalue weighted by molar-refractivity contribution is 5.86. The number of aromatic nitrogens is 3. The quantitative estimate of drug-likeness (QED) is 0.417. The van der Waals surface area contributed by atoms with Crippen LogP contribution in [-0.2, 0) is 6.54 Å². The lowest BCUT2D eigenvalue weighted by molar-refractivity contribution is 0.174. The van der Waals surface area contributed by atoms with Crippen LogP contribution in [0.3, 0.4) is 0 Å². The second-order valence-corrected chi connectivity index (χ2v) is 9.14. The van der Waals surface area contributed by atoms with E-state index >= 15 is 4.39 Å². The third-order valence-corrected chi connectivity index (χ3v) is 6.90. The predicted octanol–water partition coefficient (Wildman–Crippen LogP) is 4.84. The Kier molecular flexibility index (Phi) is 5.20. The number of halogens is 1. The molecular weight excluding hydrogens is 451 g/mol. The van der Waals surface area contributed by atoms with Crippen LogP contribution in [0.2, 0.25) is 0 Å². The Balaban J connectivity index is 1.41. The number of benzene rings is 2. The molecule has 0 saturated carbocycles. The molecule has 35 heavy (non-hydrogen) atoms. The Morgan fingerprint density at radius 1 is 1.11 bits per heavy atom. The van der Waals surface area contributed by atoms with Crippen LogP contribution in [0.1, 0.15) is 26.7 Å². The SMILES string of the molecule is CCn1cc(-c2nc(-c3ccc4c(c3)OCO4)no2)c(=O)c2cc(F)c(N3CCC(C)CC3)cc21. The molecule has 4 heterocycles. The zero-order valence-electron chi connectivity index (χ0n) is 19.6. The lowest BCUT2D eigenvalue weighted by Crippen LogP contribution is -2.33. The van der Waals surface area contributed by atoms with E-state index in [0.717, 1.165) is 25.9 Å². The number of hydrogen-bond donors (Lipinski definition) is 0. The van der Waals surface area contributed by atoms with Crippen LogP contribution in [0.25, 0.3) is 33.7 Å². The summed E-state index contributed by atoms with van der Waals surface area (Å²) in [6, 6.07) is 8.47. The predicted molar refractivity (Wildman–Crippen MR) is 129 cm³/mol. The monoisotopic (exact) mass is 476 g/mol. The molecule has 0 atom stereocenters. The van der Waals surface area contributed by atoms with Gasteiger partial charge in [-0.2, -0.15) is 4.98 Å². The molecule has 0 radical (unpaired) electrons. The van der Waals surface area contributed by atoms with Crippen molar-refractivity contribution in [3.63, 3.8) is 0 Å². The van der Waals surface area contributed by atoms with Crippen LogP contribution >= 0.6 is 0 Å². The Morgan fingerprint density at radius 2 is 1.91 bits per heavy atom. The van der Waals surface area contributed by atoms with Gasteiger partial charge in [0, 0.05) is 36.8 Å². The van der Waals surface area contributed by atoms with Crippen molar-refractivity contribution in [1.29, 1.82) is 0 Å². The van der Waals surface area contributed by atoms with E-state index in [2.05, 4.69) is 22.0 Å². The number of fused-ring (bicyclic) bond motifs is 2. The summed E-state index contributed by atoms with van der Waals surface area (Å²) in [6.45, 7) is 6.57. The number of pyridine rings is 1. The van der Waals surface area contributed by atoms with Gasteiger partial charge in [0.2, 0.25) is 18.0 Å². The van der Waals surface area contributed by atoms with E-state index < -0.39 is 5.82 Å². The molecule has 8 nitrogen and oxygen atoms in total. The average molecular weight is 477 g/mol. The van der Waals surface area contributed by atoms with Crippen molar-refractivity contribution in [3.8, 4) is 34.3 Å². The highest BCUT2D eigenvalue weighted by Gasteiger charge is 2.23. The van der Waals surface area contributed by atoms with Crippen LogP contribution in [0.5, 0.6) is 11.5 Å². The lowest BCUT2D eigenvalue weighted by Gasteiger charge is -2.32. The summed E-state index contributed by atoms with van der Waals surface area (Å²) in [7, 11) is 0. The number of ether oxygens (including phenoxy) is 2. The molecule has 6 rings (SSSR count). The molecule has 0 bridgehead atoms. The van der Waals surface area contributed by atoms with Gasteiger partial charge in [-0.05, 0) is 56.0 Å². The molecule has 0 aliphatic carbocycles. The summed E-state index contributed by atoms with van der Waals surface area (Å²) in [5, 5.41) is 4.34. The van der Waals surface area contributed by atoms with Crippen LogP contribution in [-0.4, -0.2) is 34.6 Å². The maximum Gasteiger partial charge on any atom is 0.263 e. The fraction of sp³-hybridized carbons (Fsp3) is 0.346. The first-order chi connectivity index (χ1) is 17.0. The average Bonchev–Trinajstić information content (AvgIpc) is 3.54. The third-order valence-electron chi connectivity index (χ3n) is 6.90. The fourth-order valence-corrected chi connectivity index (χ4v) is 4.79. The number of piperidine rings is 1. The lowest BCUT2D eigenvalue weighted by atomic mass is 9.98. The van der Waals surface area contributed by atoms with Crippen molar-refractivity contribution in [2.24, 2.45) is 5.92 Å². The Morgan fingerprint density at radius 3 is 2.71 bits per heavy atom. The van der Waals surface area contributed by atoms with Crippen LogP contribution < -0.4 is 19.8 Å². The summed E-state index contributed by atoms with van der Waals surface area (Å²) in [6.07, 6.45) is 3.77. The highest BCUT2D eigenvalue weighted by atomic mass is 19.1. The number of nitrogens with zero attached hydrogens (tertiary/aromatic N) is 4. The van der Waals surface area contributed by atoms with Gasteiger partial charge in [0.15, 0.2) is 11.5 Å². The first-order valence-corrected chi connectivity index (χ1v) is 11.9. The van der Waals surface area contributed by atoms with Gasteiger partial charge in [0.05, 0.1) is 11.2 Å². The Bertz CT molecular complexity index is 1490. The summed E-state index contributed by atoms with van der Waals surface area (Å²) < 4.78 is 33.4. The van der Waals surface area contributed by atoms with E-state index in [1.807, 2.05) is 11.5 Å². The molecule has 1 fully saturated rings. The molecule has 0 spiro atoms. The minimum Gasteiger partial charge on any atom is -0.454 e. The normalized spacial score (nSPS) is 15.8. The van der Waals surface area contributed by atoms with Crippen molar-refractivity contribution < 1.29 is 18.4 Å². The summed E-state index contributed by atoms with van der Waals surface area (Å²) in [5.74, 6) is 1.90. The minimum atomic E-state index is -0.393. The zero-order chi connectivity index (χ0) is 24.1. The van der Waals surface area contributed by atoms with Gasteiger partial charge in [-0.3, -0.25) is 4.79 Å². The molecule has 4 aromatic rings. The second-order valence-electron chi connectivity index (χ2n) is 9.14. The van der Waals surface area contributed by atoms with E-state index in [4.69, 9.17) is 14.0 Å². The summed E-state index contributed by atoms with van der Waals surface area (Å²) in [5.41, 5.74) is 1.79. The van der Waals surface area contributed by atoms with Crippen LogP contribution in [0.15, 0.2) is 45.8 Å². The maximum absolute atomic E-state index is 15.2. The first kappa shape index (κ1) is 21.6. The molecule has 2 aromatic heterocycles. The van der Waals surface area contributed by atoms with Gasteiger partial charge in [-0.25, -0.2) is 4.39 Å². The van der Waals surface area contributed by atoms with Crippen LogP contribution in [0.4, 0.5) is 10.1 Å². The molecule has 9 heteroatoms. The molecule has 0 N–H and O–H groups in total. The Hall–Kier alpha value is -3.88. The molecule has 0 amide bonds. The number of rotatable bonds is 4. The summed E-state index contributed by atoms with van der Waals surface area (Å²) >= 11 is 0. The van der Waals surface area contributed by atoms with Gasteiger partial charge in [-0.15, -0.1) is 0 Å². The third kappa shape index (κ3) is 3.71. The van der Waals surface area contributed by atoms with Gasteiger partial charge >= 0.3 is 0 Å². The van der Waals surface area contributed by atoms with E-state index in [0.29, 0.717) is 51.9 Å². The van der Waals surface area contributed by atoms with E-state index in [9.17, 15) is 4.79 Å². The number of hydrogen-bond acceptors (Lipinski definition) is 7. The summed E-state index contributed by atoms with van der Waals surface area (Å²) in [4.78, 5) is 19.9. The highest BCUT2D eigenvalue weighted by Crippen LogP contribution is 2.36. The van der Waals surface area contributed by atoms with Gasteiger partial charge in [0.25, 0.3) is 5.89 Å². The molecule has 2 aliphatic rings. The smallest absolute Gasteiger partial charge is 0.263 e. The topological polar surface area (TPSA) is 82.6 Å². The minimum absolute atomic E-state index is 0.0845. The van der Waals surface area contributed by atoms with Gasteiger partial charge in [-0.1, -0.05) is 12.1 Å². The molecule has 2 aromatic carbocycles. The molecular formula is C26H25FN4O4. The Labute approximate surface area is 200 Å². The van der Waals surface area contributed by atoms with Crippen molar-refractivity contribution in [1.82, 2.24) is 14.7 Å². The van der Waals surface area contributed by atoms with Crippen molar-refractivity contribution in [2.75, 3.05) is 24.8 Å². The van der Waals surface area contributed by atoms with Gasteiger partial charge < -0.3 is 23.5 Å². The fourth-order valence-electron chi connectivity index (χ4n) is 4.79. The number of anilines is 1. The molecule has 1 saturated heterocycles. The second kappa shape index (κ2) is 8.41. The molecule has 2 aliphatic heterocycles. The molecule has 0 unspecified atom stereocenters. The van der Waals surface area contributed by atoms with Crippen molar-refractivity contribution in [2.45, 2.75) is 33.2 Å². The van der Waals surface area contributed by atoms with Crippen molar-refractivity contribution >= 4 is 16.6 Å². The largest absolute Gasteiger partial charge is 0.454 e. The van der Waals surface area contributed by atoms with Crippen LogP contribution in [0, 0.1) is 11.7 Å². The molecule has 180 valence electrons. The number of aryl methyl sites for hydroxylation is 1. The zero-order valence-corrected chi connectivity index (χ0v) is 19.6. The first-order valence-electron chi connectivity index (χ1n) is 11.9. The van der Waals surface area contributed by atoms with E-state index in [1.54, 1.807) is 30.5 Å². The van der Waals surface area contributed by atoms with E-state index in [1.165, 1.54) is 6.07 Å². The maximum atomic E-state index is 15.2.